The third kappa shape index (κ3) is 9.16. The SMILES string of the molecule is Cc1cc(-c2scnc2C)ccc1CNC(=O)[C@H]1C[C@@H](O)CN1C(=O)[C@@H](NC(=O)OCC1c2ccccc2-c2ccccc21)C(C)(C)SC(c1ccccc1)(c1ccccc1)c1ccccc1. The maximum absolute atomic E-state index is 15.5. The summed E-state index contributed by atoms with van der Waals surface area (Å²) in [4.78, 5) is 51.2. The molecule has 9 nitrogen and oxygen atoms in total. The Balaban J connectivity index is 1.04. The Morgan fingerprint density at radius 1 is 0.791 bits per heavy atom. The molecule has 11 heteroatoms. The molecule has 2 aliphatic rings. The largest absolute Gasteiger partial charge is 0.449 e. The average molecular weight is 927 g/mol. The topological polar surface area (TPSA) is 121 Å². The molecule has 0 saturated carbocycles. The fourth-order valence-corrected chi connectivity index (χ4v) is 12.5. The third-order valence-corrected chi connectivity index (χ3v) is 15.9. The number of thiazole rings is 1. The minimum absolute atomic E-state index is 0.0490. The van der Waals surface area contributed by atoms with Crippen molar-refractivity contribution in [1.82, 2.24) is 20.5 Å². The van der Waals surface area contributed by atoms with Gasteiger partial charge in [0.25, 0.3) is 0 Å². The van der Waals surface area contributed by atoms with Gasteiger partial charge in [0.1, 0.15) is 18.7 Å². The number of β-amino-alcohol motifs (C(OH)–C–C–N with tert-alkyl or cyclic N) is 1. The van der Waals surface area contributed by atoms with Gasteiger partial charge in [-0.15, -0.1) is 23.1 Å². The number of nitrogens with one attached hydrogen (secondary N) is 2. The number of aryl methyl sites for hydroxylation is 2. The standard InChI is InChI=1S/C56H54N4O5S2/c1-36-30-38(50-37(2)58-35-66-50)28-29-39(36)32-57-52(62)49-31-43(61)33-60(49)53(63)51(59-54(64)65-34-48-46-26-16-14-24-44(46)45-25-15-17-27-47(45)48)55(3,4)67-56(40-18-8-5-9-19-40,41-20-10-6-11-21-41)42-22-12-7-13-23-42/h5-30,35,43,48-49,51,61H,31-34H2,1-4H3,(H,57,62)(H,59,64)/t43-,49-,51-/m1/s1. The summed E-state index contributed by atoms with van der Waals surface area (Å²) >= 11 is 3.14. The highest BCUT2D eigenvalue weighted by Gasteiger charge is 2.51. The van der Waals surface area contributed by atoms with Crippen LogP contribution in [-0.2, 0) is 25.6 Å². The molecule has 1 aliphatic carbocycles. The molecular weight excluding hydrogens is 873 g/mol. The van der Waals surface area contributed by atoms with Crippen molar-refractivity contribution in [3.63, 3.8) is 0 Å². The first-order valence-corrected chi connectivity index (χ1v) is 24.4. The van der Waals surface area contributed by atoms with Crippen molar-refractivity contribution in [2.75, 3.05) is 13.2 Å². The minimum Gasteiger partial charge on any atom is -0.449 e. The number of hydrogen-bond donors (Lipinski definition) is 3. The maximum Gasteiger partial charge on any atom is 0.407 e. The molecule has 7 aromatic rings. The summed E-state index contributed by atoms with van der Waals surface area (Å²) in [5.74, 6) is -1.08. The Morgan fingerprint density at radius 2 is 1.34 bits per heavy atom. The van der Waals surface area contributed by atoms with Gasteiger partial charge in [0.05, 0.1) is 26.9 Å². The Bertz CT molecular complexity index is 2750. The maximum atomic E-state index is 15.5. The van der Waals surface area contributed by atoms with Crippen LogP contribution in [0.25, 0.3) is 21.6 Å². The molecule has 0 bridgehead atoms. The van der Waals surface area contributed by atoms with Gasteiger partial charge in [-0.3, -0.25) is 9.59 Å². The van der Waals surface area contributed by atoms with E-state index in [4.69, 9.17) is 4.74 Å². The zero-order chi connectivity index (χ0) is 46.7. The van der Waals surface area contributed by atoms with Gasteiger partial charge in [0.2, 0.25) is 11.8 Å². The smallest absolute Gasteiger partial charge is 0.407 e. The second kappa shape index (κ2) is 19.4. The molecule has 3 amide bonds. The van der Waals surface area contributed by atoms with Gasteiger partial charge >= 0.3 is 6.09 Å². The van der Waals surface area contributed by atoms with Crippen molar-refractivity contribution in [2.45, 2.75) is 74.3 Å². The summed E-state index contributed by atoms with van der Waals surface area (Å²) in [6, 6.07) is 50.7. The number of hydrogen-bond acceptors (Lipinski definition) is 8. The summed E-state index contributed by atoms with van der Waals surface area (Å²) in [5.41, 5.74) is 13.1. The van der Waals surface area contributed by atoms with Gasteiger partial charge in [-0.1, -0.05) is 158 Å². The van der Waals surface area contributed by atoms with Crippen LogP contribution in [0, 0.1) is 13.8 Å². The normalized spacial score (nSPS) is 16.2. The highest BCUT2D eigenvalue weighted by atomic mass is 32.2. The van der Waals surface area contributed by atoms with Crippen LogP contribution in [0.4, 0.5) is 4.79 Å². The molecule has 1 aromatic heterocycles. The zero-order valence-corrected chi connectivity index (χ0v) is 39.7. The van der Waals surface area contributed by atoms with Crippen molar-refractivity contribution in [3.8, 4) is 21.6 Å². The van der Waals surface area contributed by atoms with Gasteiger partial charge in [0.15, 0.2) is 0 Å². The van der Waals surface area contributed by atoms with Crippen LogP contribution in [0.3, 0.4) is 0 Å². The first-order valence-electron chi connectivity index (χ1n) is 22.7. The van der Waals surface area contributed by atoms with E-state index in [2.05, 4.69) is 82.3 Å². The summed E-state index contributed by atoms with van der Waals surface area (Å²) < 4.78 is 4.17. The van der Waals surface area contributed by atoms with Crippen LogP contribution in [0.15, 0.2) is 163 Å². The fourth-order valence-electron chi connectivity index (χ4n) is 9.83. The molecule has 9 rings (SSSR count). The third-order valence-electron chi connectivity index (χ3n) is 13.2. The Hall–Kier alpha value is -6.53. The number of carbonyl (C=O) groups excluding carboxylic acids is 3. The van der Waals surface area contributed by atoms with Crippen molar-refractivity contribution < 1.29 is 24.2 Å². The summed E-state index contributed by atoms with van der Waals surface area (Å²) in [7, 11) is 0. The lowest BCUT2D eigenvalue weighted by Crippen LogP contribution is -2.60. The molecule has 1 aliphatic heterocycles. The van der Waals surface area contributed by atoms with Gasteiger partial charge in [-0.2, -0.15) is 0 Å². The lowest BCUT2D eigenvalue weighted by Gasteiger charge is -2.45. The molecular formula is C56H54N4O5S2. The highest BCUT2D eigenvalue weighted by Crippen LogP contribution is 2.54. The number of fused-ring (bicyclic) bond motifs is 3. The predicted molar refractivity (Wildman–Crippen MR) is 268 cm³/mol. The number of likely N-dealkylation sites (tertiary alicyclic amines) is 1. The first kappa shape index (κ1) is 45.6. The van der Waals surface area contributed by atoms with E-state index in [-0.39, 0.29) is 37.9 Å². The molecule has 1 fully saturated rings. The number of carbonyl (C=O) groups is 3. The predicted octanol–water partition coefficient (Wildman–Crippen LogP) is 10.4. The molecule has 3 N–H and O–H groups in total. The van der Waals surface area contributed by atoms with E-state index in [1.165, 1.54) is 4.90 Å². The number of nitrogens with zero attached hydrogens (tertiary/aromatic N) is 2. The van der Waals surface area contributed by atoms with E-state index in [1.54, 1.807) is 23.1 Å². The number of aliphatic hydroxyl groups is 1. The second-order valence-electron chi connectivity index (χ2n) is 17.9. The number of aliphatic hydroxyl groups excluding tert-OH is 1. The van der Waals surface area contributed by atoms with Crippen LogP contribution in [0.5, 0.6) is 0 Å². The average Bonchev–Trinajstić information content (AvgIpc) is 4.06. The first-order chi connectivity index (χ1) is 32.4. The summed E-state index contributed by atoms with van der Waals surface area (Å²) in [6.45, 7) is 8.11. The van der Waals surface area contributed by atoms with E-state index in [9.17, 15) is 14.7 Å². The molecule has 6 aromatic carbocycles. The Morgan fingerprint density at radius 3 is 1.88 bits per heavy atom. The van der Waals surface area contributed by atoms with Crippen LogP contribution in [0.2, 0.25) is 0 Å². The van der Waals surface area contributed by atoms with Crippen molar-refractivity contribution in [3.05, 3.63) is 208 Å². The number of thioether (sulfide) groups is 1. The molecule has 0 unspecified atom stereocenters. The molecule has 0 spiro atoms. The van der Waals surface area contributed by atoms with Crippen LogP contribution in [-0.4, -0.2) is 69.0 Å². The van der Waals surface area contributed by atoms with E-state index in [0.717, 1.165) is 66.2 Å². The molecule has 3 atom stereocenters. The number of amides is 3. The molecule has 1 saturated heterocycles. The quantitative estimate of drug-likeness (QED) is 0.0929. The molecule has 2 heterocycles. The van der Waals surface area contributed by atoms with E-state index >= 15 is 4.79 Å². The summed E-state index contributed by atoms with van der Waals surface area (Å²) in [5, 5.41) is 17.3. The minimum atomic E-state index is -1.23. The van der Waals surface area contributed by atoms with Crippen molar-refractivity contribution in [2.24, 2.45) is 0 Å². The van der Waals surface area contributed by atoms with Crippen LogP contribution in [0.1, 0.15) is 70.8 Å². The fraction of sp³-hybridized carbons (Fsp3) is 0.250. The van der Waals surface area contributed by atoms with Gasteiger partial charge < -0.3 is 25.4 Å². The number of alkyl carbamates (subject to hydrolysis) is 1. The number of aromatic nitrogens is 1. The van der Waals surface area contributed by atoms with Gasteiger partial charge in [-0.25, -0.2) is 9.78 Å². The van der Waals surface area contributed by atoms with E-state index in [1.807, 2.05) is 124 Å². The molecule has 67 heavy (non-hydrogen) atoms. The Labute approximate surface area is 400 Å². The monoisotopic (exact) mass is 926 g/mol. The van der Waals surface area contributed by atoms with Crippen molar-refractivity contribution >= 4 is 41.0 Å². The molecule has 0 radical (unpaired) electrons. The van der Waals surface area contributed by atoms with Crippen LogP contribution >= 0.6 is 23.1 Å². The lowest BCUT2D eigenvalue weighted by atomic mass is 9.84. The van der Waals surface area contributed by atoms with Crippen molar-refractivity contribution in [1.29, 1.82) is 0 Å². The highest BCUT2D eigenvalue weighted by molar-refractivity contribution is 8.02. The number of benzene rings is 6. The van der Waals surface area contributed by atoms with Crippen LogP contribution < -0.4 is 10.6 Å². The van der Waals surface area contributed by atoms with Gasteiger partial charge in [-0.05, 0) is 83.3 Å². The number of ether oxygens (including phenoxy) is 1. The number of rotatable bonds is 14. The second-order valence-corrected chi connectivity index (χ2v) is 20.6. The Kier molecular flexibility index (Phi) is 13.2. The van der Waals surface area contributed by atoms with E-state index in [0.29, 0.717) is 0 Å². The summed E-state index contributed by atoms with van der Waals surface area (Å²) in [6.07, 6.45) is -1.66. The zero-order valence-electron chi connectivity index (χ0n) is 38.0. The molecule has 340 valence electrons. The van der Waals surface area contributed by atoms with E-state index < -0.39 is 39.7 Å². The van der Waals surface area contributed by atoms with Gasteiger partial charge in [0, 0.05) is 30.2 Å². The lowest BCUT2D eigenvalue weighted by molar-refractivity contribution is -0.140.